The number of nitrogen functional groups attached to an aromatic ring is 1. The van der Waals surface area contributed by atoms with Gasteiger partial charge in [-0.1, -0.05) is 29.4 Å². The van der Waals surface area contributed by atoms with Gasteiger partial charge in [-0.25, -0.2) is 0 Å². The third-order valence-corrected chi connectivity index (χ3v) is 3.63. The van der Waals surface area contributed by atoms with Crippen molar-refractivity contribution in [2.75, 3.05) is 12.8 Å². The average Bonchev–Trinajstić information content (AvgIpc) is 3.04. The molecule has 1 aromatic heterocycles. The molecule has 4 heteroatoms. The van der Waals surface area contributed by atoms with Gasteiger partial charge in [-0.2, -0.15) is 0 Å². The minimum Gasteiger partial charge on any atom is -0.378 e. The Morgan fingerprint density at radius 2 is 2.06 bits per heavy atom. The van der Waals surface area contributed by atoms with Crippen LogP contribution in [0.1, 0.15) is 18.4 Å². The molecule has 2 aromatic rings. The number of ether oxygens (including phenoxy) is 1. The molecule has 0 saturated heterocycles. The summed E-state index contributed by atoms with van der Waals surface area (Å²) in [7, 11) is 1.79. The second-order valence-corrected chi connectivity index (χ2v) is 4.86. The molecule has 0 atom stereocenters. The lowest BCUT2D eigenvalue weighted by molar-refractivity contribution is 0.0807. The van der Waals surface area contributed by atoms with Crippen LogP contribution >= 0.6 is 0 Å². The Morgan fingerprint density at radius 3 is 2.56 bits per heavy atom. The molecule has 0 aliphatic heterocycles. The molecule has 0 bridgehead atoms. The Hall–Kier alpha value is -1.81. The summed E-state index contributed by atoms with van der Waals surface area (Å²) in [5, 5.41) is 3.68. The third-order valence-electron chi connectivity index (χ3n) is 3.63. The van der Waals surface area contributed by atoms with Gasteiger partial charge in [0.05, 0.1) is 17.4 Å². The fourth-order valence-electron chi connectivity index (χ4n) is 2.23. The van der Waals surface area contributed by atoms with Crippen LogP contribution in [0.25, 0.3) is 11.1 Å². The monoisotopic (exact) mass is 244 g/mol. The van der Waals surface area contributed by atoms with E-state index in [-0.39, 0.29) is 5.60 Å². The summed E-state index contributed by atoms with van der Waals surface area (Å²) in [5.74, 6) is 0.360. The number of aromatic nitrogens is 1. The van der Waals surface area contributed by atoms with Crippen LogP contribution in [0.2, 0.25) is 0 Å². The third kappa shape index (κ3) is 1.99. The van der Waals surface area contributed by atoms with Crippen LogP contribution in [-0.4, -0.2) is 17.9 Å². The molecule has 3 rings (SSSR count). The molecular formula is C14H16N2O2. The maximum absolute atomic E-state index is 5.69. The maximum atomic E-state index is 5.69. The van der Waals surface area contributed by atoms with Crippen molar-refractivity contribution in [2.24, 2.45) is 0 Å². The van der Waals surface area contributed by atoms with Crippen LogP contribution in [0, 0.1) is 0 Å². The Bertz CT molecular complexity index is 541. The largest absolute Gasteiger partial charge is 0.378 e. The van der Waals surface area contributed by atoms with Crippen molar-refractivity contribution in [1.29, 1.82) is 0 Å². The van der Waals surface area contributed by atoms with E-state index in [1.54, 1.807) is 13.3 Å². The second-order valence-electron chi connectivity index (χ2n) is 4.86. The predicted octanol–water partition coefficient (Wildman–Crippen LogP) is 2.65. The van der Waals surface area contributed by atoms with Crippen LogP contribution in [0.5, 0.6) is 0 Å². The maximum Gasteiger partial charge on any atom is 0.229 e. The summed E-state index contributed by atoms with van der Waals surface area (Å²) in [4.78, 5) is 0. The summed E-state index contributed by atoms with van der Waals surface area (Å²) >= 11 is 0. The van der Waals surface area contributed by atoms with E-state index in [9.17, 15) is 0 Å². The smallest absolute Gasteiger partial charge is 0.229 e. The molecule has 0 spiro atoms. The standard InChI is InChI=1S/C14H16N2O2/c1-17-14(6-7-14)8-10-2-4-11(5-3-10)12-9-16-18-13(12)15/h2-5,9H,6-8,15H2,1H3. The topological polar surface area (TPSA) is 61.3 Å². The molecular weight excluding hydrogens is 228 g/mol. The van der Waals surface area contributed by atoms with Gasteiger partial charge >= 0.3 is 0 Å². The quantitative estimate of drug-likeness (QED) is 0.898. The zero-order valence-corrected chi connectivity index (χ0v) is 10.3. The summed E-state index contributed by atoms with van der Waals surface area (Å²) in [6, 6.07) is 8.32. The molecule has 1 aliphatic carbocycles. The molecule has 1 saturated carbocycles. The van der Waals surface area contributed by atoms with Gasteiger partial charge in [0, 0.05) is 13.5 Å². The summed E-state index contributed by atoms with van der Waals surface area (Å²) in [6.07, 6.45) is 4.93. The number of benzene rings is 1. The molecule has 0 radical (unpaired) electrons. The van der Waals surface area contributed by atoms with E-state index in [4.69, 9.17) is 15.0 Å². The fourth-order valence-corrected chi connectivity index (χ4v) is 2.23. The van der Waals surface area contributed by atoms with E-state index < -0.39 is 0 Å². The van der Waals surface area contributed by atoms with Crippen molar-refractivity contribution in [2.45, 2.75) is 24.9 Å². The van der Waals surface area contributed by atoms with E-state index in [0.29, 0.717) is 5.88 Å². The van der Waals surface area contributed by atoms with E-state index >= 15 is 0 Å². The average molecular weight is 244 g/mol. The van der Waals surface area contributed by atoms with E-state index in [1.165, 1.54) is 5.56 Å². The van der Waals surface area contributed by atoms with Gasteiger partial charge in [-0.15, -0.1) is 0 Å². The molecule has 1 aromatic carbocycles. The van der Waals surface area contributed by atoms with Gasteiger partial charge < -0.3 is 15.0 Å². The predicted molar refractivity (Wildman–Crippen MR) is 69.0 cm³/mol. The molecule has 1 fully saturated rings. The first-order valence-electron chi connectivity index (χ1n) is 6.07. The Balaban J connectivity index is 1.79. The van der Waals surface area contributed by atoms with E-state index in [0.717, 1.165) is 30.4 Å². The number of hydrogen-bond acceptors (Lipinski definition) is 4. The normalized spacial score (nSPS) is 16.7. The van der Waals surface area contributed by atoms with E-state index in [1.807, 2.05) is 12.1 Å². The highest BCUT2D eigenvalue weighted by Gasteiger charge is 2.42. The highest BCUT2D eigenvalue weighted by atomic mass is 16.5. The van der Waals surface area contributed by atoms with Crippen LogP contribution < -0.4 is 5.73 Å². The number of nitrogens with two attached hydrogens (primary N) is 1. The first kappa shape index (κ1) is 11.3. The Morgan fingerprint density at radius 1 is 1.33 bits per heavy atom. The Labute approximate surface area is 106 Å². The molecule has 0 amide bonds. The lowest BCUT2D eigenvalue weighted by Crippen LogP contribution is -2.14. The molecule has 0 unspecified atom stereocenters. The summed E-state index contributed by atoms with van der Waals surface area (Å²) in [5.41, 5.74) is 8.94. The number of rotatable bonds is 4. The van der Waals surface area contributed by atoms with Gasteiger partial charge in [0.1, 0.15) is 0 Å². The molecule has 1 heterocycles. The lowest BCUT2D eigenvalue weighted by Gasteiger charge is -2.13. The van der Waals surface area contributed by atoms with Crippen molar-refractivity contribution in [3.8, 4) is 11.1 Å². The van der Waals surface area contributed by atoms with Gasteiger partial charge in [0.2, 0.25) is 5.88 Å². The fraction of sp³-hybridized carbons (Fsp3) is 0.357. The van der Waals surface area contributed by atoms with Gasteiger partial charge in [-0.05, 0) is 24.0 Å². The summed E-state index contributed by atoms with van der Waals surface area (Å²) in [6.45, 7) is 0. The van der Waals surface area contributed by atoms with Crippen molar-refractivity contribution < 1.29 is 9.26 Å². The van der Waals surface area contributed by atoms with E-state index in [2.05, 4.69) is 17.3 Å². The van der Waals surface area contributed by atoms with Crippen LogP contribution in [0.4, 0.5) is 5.88 Å². The highest BCUT2D eigenvalue weighted by Crippen LogP contribution is 2.42. The first-order valence-corrected chi connectivity index (χ1v) is 6.07. The minimum absolute atomic E-state index is 0.0950. The molecule has 4 nitrogen and oxygen atoms in total. The Kier molecular flexibility index (Phi) is 2.59. The van der Waals surface area contributed by atoms with Crippen LogP contribution in [0.15, 0.2) is 35.0 Å². The van der Waals surface area contributed by atoms with Crippen molar-refractivity contribution in [3.63, 3.8) is 0 Å². The zero-order valence-electron chi connectivity index (χ0n) is 10.3. The van der Waals surface area contributed by atoms with Crippen molar-refractivity contribution in [1.82, 2.24) is 5.16 Å². The van der Waals surface area contributed by atoms with Gasteiger partial charge in [0.25, 0.3) is 0 Å². The highest BCUT2D eigenvalue weighted by molar-refractivity contribution is 5.71. The zero-order chi connectivity index (χ0) is 12.6. The second kappa shape index (κ2) is 4.14. The number of hydrogen-bond donors (Lipinski definition) is 1. The number of methoxy groups -OCH3 is 1. The SMILES string of the molecule is COC1(Cc2ccc(-c3cnoc3N)cc2)CC1. The van der Waals surface area contributed by atoms with Crippen LogP contribution in [0.3, 0.4) is 0 Å². The van der Waals surface area contributed by atoms with Gasteiger partial charge in [0.15, 0.2) is 0 Å². The van der Waals surface area contributed by atoms with Crippen molar-refractivity contribution >= 4 is 5.88 Å². The molecule has 18 heavy (non-hydrogen) atoms. The number of anilines is 1. The first-order chi connectivity index (χ1) is 8.72. The summed E-state index contributed by atoms with van der Waals surface area (Å²) < 4.78 is 10.4. The molecule has 94 valence electrons. The van der Waals surface area contributed by atoms with Crippen molar-refractivity contribution in [3.05, 3.63) is 36.0 Å². The van der Waals surface area contributed by atoms with Crippen LogP contribution in [-0.2, 0) is 11.2 Å². The minimum atomic E-state index is 0.0950. The lowest BCUT2D eigenvalue weighted by atomic mass is 10.0. The molecule has 2 N–H and O–H groups in total. The number of nitrogens with zero attached hydrogens (tertiary/aromatic N) is 1. The van der Waals surface area contributed by atoms with Gasteiger partial charge in [-0.3, -0.25) is 0 Å². The molecule has 1 aliphatic rings.